The Bertz CT molecular complexity index is 875. The number of hydrogen-bond donors (Lipinski definition) is 2. The maximum atomic E-state index is 11.5. The van der Waals surface area contributed by atoms with Gasteiger partial charge in [-0.2, -0.15) is 0 Å². The Labute approximate surface area is 171 Å². The van der Waals surface area contributed by atoms with Crippen LogP contribution in [0.15, 0.2) is 27.6 Å². The molecule has 2 heterocycles. The van der Waals surface area contributed by atoms with E-state index in [0.29, 0.717) is 17.8 Å². The predicted octanol–water partition coefficient (Wildman–Crippen LogP) is 3.23. The topological polar surface area (TPSA) is 83.2 Å². The summed E-state index contributed by atoms with van der Waals surface area (Å²) in [7, 11) is 0. The van der Waals surface area contributed by atoms with Crippen molar-refractivity contribution in [1.82, 2.24) is 0 Å². The highest BCUT2D eigenvalue weighted by molar-refractivity contribution is 5.38. The van der Waals surface area contributed by atoms with Gasteiger partial charge in [-0.3, -0.25) is 0 Å². The Morgan fingerprint density at radius 2 is 1.86 bits per heavy atom. The first-order valence-corrected chi connectivity index (χ1v) is 11.4. The van der Waals surface area contributed by atoms with Gasteiger partial charge in [0, 0.05) is 17.4 Å². The van der Waals surface area contributed by atoms with E-state index < -0.39 is 6.10 Å². The van der Waals surface area contributed by atoms with Gasteiger partial charge in [-0.05, 0) is 79.7 Å². The number of aliphatic hydroxyl groups is 2. The molecule has 1 saturated heterocycles. The van der Waals surface area contributed by atoms with Gasteiger partial charge in [-0.25, -0.2) is 4.79 Å². The second kappa shape index (κ2) is 5.74. The normalized spacial score (nSPS) is 55.4. The number of aliphatic hydroxyl groups excluding tert-OH is 2. The third-order valence-electron chi connectivity index (χ3n) is 10.2. The molecule has 0 bridgehead atoms. The van der Waals surface area contributed by atoms with Crippen molar-refractivity contribution in [3.63, 3.8) is 0 Å². The summed E-state index contributed by atoms with van der Waals surface area (Å²) in [4.78, 5) is 11.5. The quantitative estimate of drug-likeness (QED) is 0.707. The SMILES string of the molecule is CC12CCC(O)CC1CCC1C2CCC2(C)C(c3ccc(=O)oc3)C(O)C3OC132. The van der Waals surface area contributed by atoms with E-state index in [-0.39, 0.29) is 40.2 Å². The fraction of sp³-hybridized carbons (Fsp3) is 0.792. The lowest BCUT2D eigenvalue weighted by Crippen LogP contribution is -2.58. The smallest absolute Gasteiger partial charge is 0.335 e. The van der Waals surface area contributed by atoms with Crippen molar-refractivity contribution >= 4 is 0 Å². The van der Waals surface area contributed by atoms with E-state index in [2.05, 4.69) is 13.8 Å². The zero-order chi connectivity index (χ0) is 20.2. The molecule has 2 N–H and O–H groups in total. The lowest BCUT2D eigenvalue weighted by Gasteiger charge is -2.61. The Morgan fingerprint density at radius 1 is 1.03 bits per heavy atom. The average Bonchev–Trinajstić information content (AvgIpc) is 3.40. The zero-order valence-corrected chi connectivity index (χ0v) is 17.3. The van der Waals surface area contributed by atoms with Crippen molar-refractivity contribution in [3.05, 3.63) is 34.4 Å². The van der Waals surface area contributed by atoms with E-state index in [9.17, 15) is 15.0 Å². The molecular formula is C24H32O5. The molecule has 1 aromatic heterocycles. The summed E-state index contributed by atoms with van der Waals surface area (Å²) in [5, 5.41) is 21.5. The van der Waals surface area contributed by atoms with Crippen molar-refractivity contribution in [1.29, 1.82) is 0 Å². The molecule has 4 aliphatic carbocycles. The largest absolute Gasteiger partial charge is 0.431 e. The van der Waals surface area contributed by atoms with Gasteiger partial charge in [0.1, 0.15) is 11.7 Å². The Kier molecular flexibility index (Phi) is 3.68. The molecule has 1 spiro atoms. The van der Waals surface area contributed by atoms with Crippen LogP contribution >= 0.6 is 0 Å². The minimum atomic E-state index is -0.551. The summed E-state index contributed by atoms with van der Waals surface area (Å²) in [5.74, 6) is 1.63. The van der Waals surface area contributed by atoms with Crippen molar-refractivity contribution in [2.75, 3.05) is 0 Å². The maximum absolute atomic E-state index is 11.5. The van der Waals surface area contributed by atoms with Crippen LogP contribution < -0.4 is 5.63 Å². The van der Waals surface area contributed by atoms with Crippen LogP contribution in [0.1, 0.15) is 70.3 Å². The molecule has 0 radical (unpaired) electrons. The minimum absolute atomic E-state index is 0.0507. The second-order valence-corrected chi connectivity index (χ2v) is 11.1. The lowest BCUT2D eigenvalue weighted by atomic mass is 9.44. The molecule has 5 fully saturated rings. The molecule has 0 aromatic carbocycles. The van der Waals surface area contributed by atoms with Gasteiger partial charge in [0.15, 0.2) is 0 Å². The highest BCUT2D eigenvalue weighted by atomic mass is 16.6. The van der Waals surface area contributed by atoms with Crippen molar-refractivity contribution in [2.45, 2.75) is 88.6 Å². The van der Waals surface area contributed by atoms with Crippen LogP contribution in [0.25, 0.3) is 0 Å². The predicted molar refractivity (Wildman–Crippen MR) is 106 cm³/mol. The standard InChI is InChI=1S/C24H32O5/c1-22-9-7-15(25)11-14(22)4-5-17-16(22)8-10-23(2)19(13-3-6-18(26)28-12-13)20(27)21-24(17,23)29-21/h3,6,12,14-17,19-21,25,27H,4-5,7-11H2,1-2H3. The number of hydrogen-bond acceptors (Lipinski definition) is 5. The molecule has 5 aliphatic rings. The van der Waals surface area contributed by atoms with Crippen LogP contribution in [-0.4, -0.2) is 34.1 Å². The number of ether oxygens (including phenoxy) is 1. The van der Waals surface area contributed by atoms with Gasteiger partial charge in [0.25, 0.3) is 0 Å². The maximum Gasteiger partial charge on any atom is 0.335 e. The third kappa shape index (κ3) is 2.14. The first kappa shape index (κ1) is 18.6. The molecule has 1 aromatic rings. The average molecular weight is 401 g/mol. The van der Waals surface area contributed by atoms with E-state index in [1.807, 2.05) is 6.07 Å². The van der Waals surface area contributed by atoms with Crippen molar-refractivity contribution in [3.8, 4) is 0 Å². The van der Waals surface area contributed by atoms with Gasteiger partial charge in [0.05, 0.1) is 18.5 Å². The molecule has 5 heteroatoms. The fourth-order valence-electron chi connectivity index (χ4n) is 8.81. The molecule has 1 aliphatic heterocycles. The van der Waals surface area contributed by atoms with Gasteiger partial charge < -0.3 is 19.4 Å². The summed E-state index contributed by atoms with van der Waals surface area (Å²) in [6.07, 6.45) is 8.19. The van der Waals surface area contributed by atoms with E-state index >= 15 is 0 Å². The molecule has 158 valence electrons. The van der Waals surface area contributed by atoms with Crippen LogP contribution in [-0.2, 0) is 4.74 Å². The Morgan fingerprint density at radius 3 is 2.62 bits per heavy atom. The fourth-order valence-corrected chi connectivity index (χ4v) is 8.81. The molecule has 10 atom stereocenters. The van der Waals surface area contributed by atoms with Crippen LogP contribution in [0.5, 0.6) is 0 Å². The highest BCUT2D eigenvalue weighted by Gasteiger charge is 2.83. The minimum Gasteiger partial charge on any atom is -0.431 e. The molecule has 10 unspecified atom stereocenters. The Hall–Kier alpha value is -1.17. The molecule has 6 rings (SSSR count). The van der Waals surface area contributed by atoms with E-state index in [1.54, 1.807) is 6.26 Å². The van der Waals surface area contributed by atoms with Crippen molar-refractivity contribution < 1.29 is 19.4 Å². The van der Waals surface area contributed by atoms with Gasteiger partial charge >= 0.3 is 5.63 Å². The molecule has 0 amide bonds. The van der Waals surface area contributed by atoms with E-state index in [4.69, 9.17) is 9.15 Å². The molecular weight excluding hydrogens is 368 g/mol. The molecule has 5 nitrogen and oxygen atoms in total. The van der Waals surface area contributed by atoms with Crippen LogP contribution in [0.2, 0.25) is 0 Å². The highest BCUT2D eigenvalue weighted by Crippen LogP contribution is 2.77. The zero-order valence-electron chi connectivity index (χ0n) is 17.3. The van der Waals surface area contributed by atoms with Crippen LogP contribution in [0.3, 0.4) is 0 Å². The summed E-state index contributed by atoms with van der Waals surface area (Å²) in [5.41, 5.74) is 0.457. The Balaban J connectivity index is 1.38. The second-order valence-electron chi connectivity index (χ2n) is 11.1. The third-order valence-corrected chi connectivity index (χ3v) is 10.2. The number of rotatable bonds is 1. The van der Waals surface area contributed by atoms with Gasteiger partial charge in [-0.1, -0.05) is 13.8 Å². The van der Waals surface area contributed by atoms with Crippen LogP contribution in [0.4, 0.5) is 0 Å². The summed E-state index contributed by atoms with van der Waals surface area (Å²) in [6, 6.07) is 3.30. The lowest BCUT2D eigenvalue weighted by molar-refractivity contribution is -0.143. The summed E-state index contributed by atoms with van der Waals surface area (Å²) >= 11 is 0. The summed E-state index contributed by atoms with van der Waals surface area (Å²) < 4.78 is 11.6. The van der Waals surface area contributed by atoms with Crippen LogP contribution in [0, 0.1) is 28.6 Å². The first-order chi connectivity index (χ1) is 13.8. The molecule has 29 heavy (non-hydrogen) atoms. The van der Waals surface area contributed by atoms with Gasteiger partial charge in [0.2, 0.25) is 0 Å². The van der Waals surface area contributed by atoms with Gasteiger partial charge in [-0.15, -0.1) is 0 Å². The van der Waals surface area contributed by atoms with E-state index in [0.717, 1.165) is 50.5 Å². The van der Waals surface area contributed by atoms with E-state index in [1.165, 1.54) is 6.07 Å². The number of epoxide rings is 1. The molecule has 4 saturated carbocycles. The first-order valence-electron chi connectivity index (χ1n) is 11.4. The van der Waals surface area contributed by atoms with Crippen molar-refractivity contribution in [2.24, 2.45) is 28.6 Å². The monoisotopic (exact) mass is 400 g/mol. The number of fused-ring (bicyclic) bond motifs is 3. The summed E-state index contributed by atoms with van der Waals surface area (Å²) in [6.45, 7) is 4.76.